The van der Waals surface area contributed by atoms with Crippen LogP contribution in [0.1, 0.15) is 26.3 Å². The van der Waals surface area contributed by atoms with Crippen molar-refractivity contribution in [3.63, 3.8) is 0 Å². The molecule has 0 aliphatic heterocycles. The minimum absolute atomic E-state index is 0.125. The number of aliphatic hydroxyl groups excluding tert-OH is 1. The molecule has 0 spiro atoms. The van der Waals surface area contributed by atoms with E-state index in [2.05, 4.69) is 49.8 Å². The molecule has 1 aromatic rings. The Morgan fingerprint density at radius 3 is 2.19 bits per heavy atom. The molecule has 1 aliphatic rings. The second-order valence-electron chi connectivity index (χ2n) is 8.29. The lowest BCUT2D eigenvalue weighted by molar-refractivity contribution is -0.0343. The van der Waals surface area contributed by atoms with Crippen molar-refractivity contribution in [3.8, 4) is 5.75 Å². The molecule has 0 fully saturated rings. The summed E-state index contributed by atoms with van der Waals surface area (Å²) in [7, 11) is -0.265. The van der Waals surface area contributed by atoms with E-state index in [-0.39, 0.29) is 22.1 Å². The summed E-state index contributed by atoms with van der Waals surface area (Å²) < 4.78 is 17.5. The van der Waals surface area contributed by atoms with Crippen LogP contribution < -0.4 is 4.74 Å². The van der Waals surface area contributed by atoms with Gasteiger partial charge < -0.3 is 19.0 Å². The van der Waals surface area contributed by atoms with Gasteiger partial charge in [-0.2, -0.15) is 0 Å². The molecular formula is C20H31BrO4Si. The molecule has 1 N–H and O–H groups in total. The molecule has 1 aromatic carbocycles. The summed E-state index contributed by atoms with van der Waals surface area (Å²) in [4.78, 5) is -0.192. The van der Waals surface area contributed by atoms with Gasteiger partial charge in [0.1, 0.15) is 11.9 Å². The van der Waals surface area contributed by atoms with Crippen molar-refractivity contribution in [1.82, 2.24) is 0 Å². The Hall–Kier alpha value is -0.663. The predicted molar refractivity (Wildman–Crippen MR) is 112 cm³/mol. The van der Waals surface area contributed by atoms with Gasteiger partial charge in [0.05, 0.1) is 30.8 Å². The molecule has 0 heterocycles. The van der Waals surface area contributed by atoms with Crippen molar-refractivity contribution >= 4 is 24.2 Å². The van der Waals surface area contributed by atoms with Gasteiger partial charge in [0.2, 0.25) is 0 Å². The lowest BCUT2D eigenvalue weighted by atomic mass is 9.99. The first-order valence-corrected chi connectivity index (χ1v) is 12.8. The monoisotopic (exact) mass is 442 g/mol. The summed E-state index contributed by atoms with van der Waals surface area (Å²) in [6, 6.07) is 7.74. The third kappa shape index (κ3) is 5.20. The van der Waals surface area contributed by atoms with E-state index in [9.17, 15) is 5.11 Å². The highest BCUT2D eigenvalue weighted by molar-refractivity contribution is 9.09. The van der Waals surface area contributed by atoms with Crippen LogP contribution in [0.5, 0.6) is 5.75 Å². The van der Waals surface area contributed by atoms with Crippen LogP contribution >= 0.6 is 15.9 Å². The molecule has 4 atom stereocenters. The molecule has 0 unspecified atom stereocenters. The molecule has 0 saturated heterocycles. The average molecular weight is 443 g/mol. The number of hydrogen-bond acceptors (Lipinski definition) is 4. The number of ether oxygens (including phenoxy) is 2. The third-order valence-electron chi connectivity index (χ3n) is 5.31. The fourth-order valence-corrected chi connectivity index (χ4v) is 4.55. The molecular weight excluding hydrogens is 412 g/mol. The molecule has 0 saturated carbocycles. The Morgan fingerprint density at radius 1 is 1.08 bits per heavy atom. The van der Waals surface area contributed by atoms with Gasteiger partial charge in [-0.25, -0.2) is 0 Å². The standard InChI is InChI=1S/C20H31BrO4Si/c1-20(2,3)26(5,6)25-16-11-12-17(19(22)18(16)21)24-13-14-7-9-15(23-4)10-8-14/h7-12,16-19,22H,13H2,1-6H3/t16-,17+,18+,19-/m0/s1. The Morgan fingerprint density at radius 2 is 1.65 bits per heavy atom. The molecule has 6 heteroatoms. The predicted octanol–water partition coefficient (Wildman–Crippen LogP) is 4.67. The molecule has 0 radical (unpaired) electrons. The SMILES string of the molecule is COc1ccc(CO[C@@H]2C=C[C@H](O[Si](C)(C)C(C)(C)C)[C@@H](Br)[C@H]2O)cc1. The van der Waals surface area contributed by atoms with E-state index < -0.39 is 14.4 Å². The summed E-state index contributed by atoms with van der Waals surface area (Å²) in [6.07, 6.45) is 2.77. The Bertz CT molecular complexity index is 609. The van der Waals surface area contributed by atoms with E-state index in [1.54, 1.807) is 7.11 Å². The van der Waals surface area contributed by atoms with Crippen LogP contribution in [0.15, 0.2) is 36.4 Å². The van der Waals surface area contributed by atoms with Gasteiger partial charge >= 0.3 is 0 Å². The fourth-order valence-electron chi connectivity index (χ4n) is 2.50. The van der Waals surface area contributed by atoms with E-state index in [1.807, 2.05) is 36.4 Å². The van der Waals surface area contributed by atoms with Crippen LogP contribution in [-0.4, -0.2) is 43.7 Å². The van der Waals surface area contributed by atoms with Gasteiger partial charge in [0, 0.05) is 0 Å². The number of hydrogen-bond donors (Lipinski definition) is 1. The molecule has 2 rings (SSSR count). The number of methoxy groups -OCH3 is 1. The number of alkyl halides is 1. The first-order valence-electron chi connectivity index (χ1n) is 8.98. The highest BCUT2D eigenvalue weighted by Crippen LogP contribution is 2.39. The van der Waals surface area contributed by atoms with Crippen LogP contribution in [0.25, 0.3) is 0 Å². The number of aliphatic hydroxyl groups is 1. The van der Waals surface area contributed by atoms with Gasteiger partial charge in [-0.3, -0.25) is 0 Å². The maximum atomic E-state index is 10.7. The Labute approximate surface area is 166 Å². The van der Waals surface area contributed by atoms with Gasteiger partial charge in [-0.05, 0) is 35.8 Å². The zero-order valence-electron chi connectivity index (χ0n) is 16.5. The van der Waals surface area contributed by atoms with Crippen molar-refractivity contribution in [3.05, 3.63) is 42.0 Å². The Balaban J connectivity index is 1.98. The van der Waals surface area contributed by atoms with Crippen LogP contribution in [0.3, 0.4) is 0 Å². The lowest BCUT2D eigenvalue weighted by Crippen LogP contribution is -2.51. The number of rotatable bonds is 6. The van der Waals surface area contributed by atoms with Gasteiger partial charge in [0.15, 0.2) is 8.32 Å². The van der Waals surface area contributed by atoms with Crippen molar-refractivity contribution in [2.24, 2.45) is 0 Å². The highest BCUT2D eigenvalue weighted by Gasteiger charge is 2.43. The molecule has 1 aliphatic carbocycles. The Kier molecular flexibility index (Phi) is 7.13. The van der Waals surface area contributed by atoms with Gasteiger partial charge in [-0.1, -0.05) is 61.0 Å². The maximum Gasteiger partial charge on any atom is 0.192 e. The molecule has 0 amide bonds. The van der Waals surface area contributed by atoms with Crippen molar-refractivity contribution in [2.45, 2.75) is 68.6 Å². The summed E-state index contributed by atoms with van der Waals surface area (Å²) in [5.41, 5.74) is 1.04. The van der Waals surface area contributed by atoms with Crippen LogP contribution in [0, 0.1) is 0 Å². The van der Waals surface area contributed by atoms with Crippen molar-refractivity contribution < 1.29 is 19.0 Å². The zero-order valence-corrected chi connectivity index (χ0v) is 19.1. The molecule has 4 nitrogen and oxygen atoms in total. The zero-order chi connectivity index (χ0) is 19.5. The van der Waals surface area contributed by atoms with E-state index in [1.165, 1.54) is 0 Å². The summed E-state index contributed by atoms with van der Waals surface area (Å²) >= 11 is 3.62. The minimum atomic E-state index is -1.91. The van der Waals surface area contributed by atoms with Crippen LogP contribution in [0.2, 0.25) is 18.1 Å². The second-order valence-corrected chi connectivity index (χ2v) is 14.1. The smallest absolute Gasteiger partial charge is 0.192 e. The molecule has 0 aromatic heterocycles. The average Bonchev–Trinajstić information content (AvgIpc) is 2.57. The largest absolute Gasteiger partial charge is 0.497 e. The third-order valence-corrected chi connectivity index (χ3v) is 10.8. The van der Waals surface area contributed by atoms with Crippen molar-refractivity contribution in [2.75, 3.05) is 7.11 Å². The van der Waals surface area contributed by atoms with Gasteiger partial charge in [0.25, 0.3) is 0 Å². The van der Waals surface area contributed by atoms with Crippen LogP contribution in [0.4, 0.5) is 0 Å². The maximum absolute atomic E-state index is 10.7. The molecule has 146 valence electrons. The summed E-state index contributed by atoms with van der Waals surface area (Å²) in [6.45, 7) is 11.5. The van der Waals surface area contributed by atoms with Crippen molar-refractivity contribution in [1.29, 1.82) is 0 Å². The topological polar surface area (TPSA) is 47.9 Å². The van der Waals surface area contributed by atoms with Gasteiger partial charge in [-0.15, -0.1) is 0 Å². The van der Waals surface area contributed by atoms with E-state index >= 15 is 0 Å². The summed E-state index contributed by atoms with van der Waals surface area (Å²) in [5.74, 6) is 0.817. The highest BCUT2D eigenvalue weighted by atomic mass is 79.9. The second kappa shape index (κ2) is 8.57. The molecule has 26 heavy (non-hydrogen) atoms. The van der Waals surface area contributed by atoms with E-state index in [0.717, 1.165) is 11.3 Å². The van der Waals surface area contributed by atoms with E-state index in [0.29, 0.717) is 6.61 Å². The first-order chi connectivity index (χ1) is 12.0. The minimum Gasteiger partial charge on any atom is -0.497 e. The van der Waals surface area contributed by atoms with E-state index in [4.69, 9.17) is 13.9 Å². The molecule has 0 bridgehead atoms. The quantitative estimate of drug-likeness (QED) is 0.395. The van der Waals surface area contributed by atoms with Crippen LogP contribution in [-0.2, 0) is 15.8 Å². The first kappa shape index (κ1) is 21.6. The number of benzene rings is 1. The fraction of sp³-hybridized carbons (Fsp3) is 0.600. The number of halogens is 1. The lowest BCUT2D eigenvalue weighted by Gasteiger charge is -2.42. The normalized spacial score (nSPS) is 26.8. The summed E-state index contributed by atoms with van der Waals surface area (Å²) in [5, 5.41) is 10.8.